The number of aryl methyl sites for hydroxylation is 1. The zero-order valence-electron chi connectivity index (χ0n) is 7.60. The van der Waals surface area contributed by atoms with Gasteiger partial charge in [0.15, 0.2) is 0 Å². The topological polar surface area (TPSA) is 83.0 Å². The van der Waals surface area contributed by atoms with Crippen molar-refractivity contribution in [1.82, 2.24) is 15.0 Å². The molecule has 0 bridgehead atoms. The van der Waals surface area contributed by atoms with Gasteiger partial charge in [-0.05, 0) is 0 Å². The zero-order valence-corrected chi connectivity index (χ0v) is 7.60. The molecule has 1 unspecified atom stereocenters. The van der Waals surface area contributed by atoms with Gasteiger partial charge in [0, 0.05) is 14.2 Å². The van der Waals surface area contributed by atoms with Crippen LogP contribution in [0.5, 0.6) is 0 Å². The lowest BCUT2D eigenvalue weighted by Gasteiger charge is -2.07. The SMILES string of the molecule is COCC(N)C(=O)c1cnnn1C. The average molecular weight is 184 g/mol. The Morgan fingerprint density at radius 2 is 2.54 bits per heavy atom. The number of Topliss-reactive ketones (excluding diaryl/α,β-unsaturated/α-hetero) is 1. The molecule has 72 valence electrons. The predicted molar refractivity (Wildman–Crippen MR) is 45.2 cm³/mol. The number of carbonyl (C=O) groups is 1. The first-order valence-corrected chi connectivity index (χ1v) is 3.80. The molecular formula is C7H12N4O2. The molecule has 2 N–H and O–H groups in total. The van der Waals surface area contributed by atoms with Gasteiger partial charge in [0.25, 0.3) is 0 Å². The van der Waals surface area contributed by atoms with Crippen LogP contribution in [-0.4, -0.2) is 40.5 Å². The molecule has 6 nitrogen and oxygen atoms in total. The van der Waals surface area contributed by atoms with E-state index in [4.69, 9.17) is 10.5 Å². The maximum absolute atomic E-state index is 11.5. The lowest BCUT2D eigenvalue weighted by atomic mass is 10.1. The molecule has 1 atom stereocenters. The minimum Gasteiger partial charge on any atom is -0.383 e. The molecule has 0 saturated carbocycles. The molecular weight excluding hydrogens is 172 g/mol. The lowest BCUT2D eigenvalue weighted by molar-refractivity contribution is 0.0883. The summed E-state index contributed by atoms with van der Waals surface area (Å²) in [5.41, 5.74) is 5.94. The number of ketones is 1. The fourth-order valence-corrected chi connectivity index (χ4v) is 0.958. The summed E-state index contributed by atoms with van der Waals surface area (Å²) in [6.07, 6.45) is 1.39. The Labute approximate surface area is 75.7 Å². The maximum atomic E-state index is 11.5. The van der Waals surface area contributed by atoms with Crippen molar-refractivity contribution in [3.05, 3.63) is 11.9 Å². The number of ether oxygens (including phenoxy) is 1. The van der Waals surface area contributed by atoms with Crippen molar-refractivity contribution in [2.75, 3.05) is 13.7 Å². The first kappa shape index (κ1) is 9.82. The number of carbonyl (C=O) groups excluding carboxylic acids is 1. The third-order valence-electron chi connectivity index (χ3n) is 1.65. The van der Waals surface area contributed by atoms with Crippen LogP contribution in [0.1, 0.15) is 10.5 Å². The third-order valence-corrected chi connectivity index (χ3v) is 1.65. The largest absolute Gasteiger partial charge is 0.383 e. The number of nitrogens with two attached hydrogens (primary N) is 1. The molecule has 1 aromatic rings. The summed E-state index contributed by atoms with van der Waals surface area (Å²) in [7, 11) is 3.13. The van der Waals surface area contributed by atoms with Crippen molar-refractivity contribution in [1.29, 1.82) is 0 Å². The molecule has 6 heteroatoms. The maximum Gasteiger partial charge on any atom is 0.201 e. The number of hydrogen-bond donors (Lipinski definition) is 1. The van der Waals surface area contributed by atoms with E-state index in [2.05, 4.69) is 10.3 Å². The van der Waals surface area contributed by atoms with Crippen molar-refractivity contribution in [3.63, 3.8) is 0 Å². The Morgan fingerprint density at radius 3 is 3.00 bits per heavy atom. The van der Waals surface area contributed by atoms with Crippen molar-refractivity contribution >= 4 is 5.78 Å². The van der Waals surface area contributed by atoms with Crippen molar-refractivity contribution in [2.45, 2.75) is 6.04 Å². The molecule has 0 amide bonds. The van der Waals surface area contributed by atoms with Crippen LogP contribution < -0.4 is 5.73 Å². The molecule has 0 aliphatic carbocycles. The number of methoxy groups -OCH3 is 1. The molecule has 1 heterocycles. The Balaban J connectivity index is 2.73. The fraction of sp³-hybridized carbons (Fsp3) is 0.571. The normalized spacial score (nSPS) is 12.8. The number of nitrogens with zero attached hydrogens (tertiary/aromatic N) is 3. The summed E-state index contributed by atoms with van der Waals surface area (Å²) >= 11 is 0. The highest BCUT2D eigenvalue weighted by Crippen LogP contribution is 1.98. The second kappa shape index (κ2) is 4.11. The van der Waals surface area contributed by atoms with Crippen molar-refractivity contribution in [2.24, 2.45) is 12.8 Å². The van der Waals surface area contributed by atoms with E-state index >= 15 is 0 Å². The molecule has 1 rings (SSSR count). The molecule has 13 heavy (non-hydrogen) atoms. The van der Waals surface area contributed by atoms with Crippen LogP contribution in [0.2, 0.25) is 0 Å². The first-order chi connectivity index (χ1) is 6.16. The molecule has 0 aromatic carbocycles. The van der Waals surface area contributed by atoms with Crippen LogP contribution in [0.15, 0.2) is 6.20 Å². The van der Waals surface area contributed by atoms with E-state index in [9.17, 15) is 4.79 Å². The first-order valence-electron chi connectivity index (χ1n) is 3.80. The third kappa shape index (κ3) is 2.10. The van der Waals surface area contributed by atoms with Gasteiger partial charge in [0.2, 0.25) is 5.78 Å². The molecule has 0 aliphatic rings. The monoisotopic (exact) mass is 184 g/mol. The smallest absolute Gasteiger partial charge is 0.201 e. The van der Waals surface area contributed by atoms with Crippen LogP contribution in [0, 0.1) is 0 Å². The van der Waals surface area contributed by atoms with Gasteiger partial charge in [0.1, 0.15) is 5.69 Å². The number of aromatic nitrogens is 3. The predicted octanol–water partition coefficient (Wildman–Crippen LogP) is -1.03. The lowest BCUT2D eigenvalue weighted by Crippen LogP contribution is -2.35. The van der Waals surface area contributed by atoms with E-state index in [1.54, 1.807) is 7.05 Å². The Hall–Kier alpha value is -1.27. The van der Waals surface area contributed by atoms with Gasteiger partial charge in [0.05, 0.1) is 18.8 Å². The quantitative estimate of drug-likeness (QED) is 0.605. The van der Waals surface area contributed by atoms with Crippen LogP contribution >= 0.6 is 0 Å². The second-order valence-corrected chi connectivity index (χ2v) is 2.67. The summed E-state index contributed by atoms with van der Waals surface area (Å²) in [6.45, 7) is 0.198. The summed E-state index contributed by atoms with van der Waals surface area (Å²) in [5, 5.41) is 7.21. The molecule has 1 aromatic heterocycles. The summed E-state index contributed by atoms with van der Waals surface area (Å²) in [6, 6.07) is -0.651. The summed E-state index contributed by atoms with van der Waals surface area (Å²) in [4.78, 5) is 11.5. The van der Waals surface area contributed by atoms with Gasteiger partial charge in [-0.1, -0.05) is 5.21 Å². The minimum absolute atomic E-state index is 0.198. The number of rotatable bonds is 4. The van der Waals surface area contributed by atoms with Crippen LogP contribution in [0.25, 0.3) is 0 Å². The van der Waals surface area contributed by atoms with E-state index in [1.165, 1.54) is 18.0 Å². The highest BCUT2D eigenvalue weighted by Gasteiger charge is 2.18. The van der Waals surface area contributed by atoms with Crippen LogP contribution in [0.3, 0.4) is 0 Å². The highest BCUT2D eigenvalue weighted by molar-refractivity contribution is 5.98. The average Bonchev–Trinajstić information content (AvgIpc) is 2.50. The highest BCUT2D eigenvalue weighted by atomic mass is 16.5. The van der Waals surface area contributed by atoms with Crippen LogP contribution in [-0.2, 0) is 11.8 Å². The standard InChI is InChI=1S/C7H12N4O2/c1-11-6(3-9-10-11)7(12)5(8)4-13-2/h3,5H,4,8H2,1-2H3. The molecule has 0 saturated heterocycles. The summed E-state index contributed by atoms with van der Waals surface area (Å²) < 4.78 is 6.15. The van der Waals surface area contributed by atoms with Gasteiger partial charge in [-0.3, -0.25) is 4.79 Å². The van der Waals surface area contributed by atoms with Gasteiger partial charge < -0.3 is 10.5 Å². The van der Waals surface area contributed by atoms with Gasteiger partial charge in [-0.15, -0.1) is 5.10 Å². The second-order valence-electron chi connectivity index (χ2n) is 2.67. The van der Waals surface area contributed by atoms with E-state index in [-0.39, 0.29) is 12.4 Å². The van der Waals surface area contributed by atoms with Gasteiger partial charge in [-0.25, -0.2) is 4.68 Å². The Bertz CT molecular complexity index is 296. The fourth-order valence-electron chi connectivity index (χ4n) is 0.958. The zero-order chi connectivity index (χ0) is 9.84. The minimum atomic E-state index is -0.651. The molecule has 0 fully saturated rings. The van der Waals surface area contributed by atoms with Gasteiger partial charge in [-0.2, -0.15) is 0 Å². The Morgan fingerprint density at radius 1 is 1.85 bits per heavy atom. The van der Waals surface area contributed by atoms with Gasteiger partial charge >= 0.3 is 0 Å². The Kier molecular flexibility index (Phi) is 3.10. The van der Waals surface area contributed by atoms with Crippen molar-refractivity contribution < 1.29 is 9.53 Å². The van der Waals surface area contributed by atoms with E-state index < -0.39 is 6.04 Å². The molecule has 0 aliphatic heterocycles. The summed E-state index contributed by atoms with van der Waals surface area (Å²) in [5.74, 6) is -0.214. The van der Waals surface area contributed by atoms with E-state index in [1.807, 2.05) is 0 Å². The molecule has 0 radical (unpaired) electrons. The number of hydrogen-bond acceptors (Lipinski definition) is 5. The van der Waals surface area contributed by atoms with E-state index in [0.29, 0.717) is 5.69 Å². The van der Waals surface area contributed by atoms with Crippen molar-refractivity contribution in [3.8, 4) is 0 Å². The van der Waals surface area contributed by atoms with E-state index in [0.717, 1.165) is 0 Å². The molecule has 0 spiro atoms. The van der Waals surface area contributed by atoms with Crippen LogP contribution in [0.4, 0.5) is 0 Å².